The third-order valence-electron chi connectivity index (χ3n) is 1.77. The topological polar surface area (TPSA) is 60.9 Å². The molecule has 0 fully saturated rings. The van der Waals surface area contributed by atoms with Crippen molar-refractivity contribution in [1.29, 1.82) is 0 Å². The highest BCUT2D eigenvalue weighted by Crippen LogP contribution is 2.07. The fourth-order valence-corrected chi connectivity index (χ4v) is 1.12. The molecular formula is C8H13N3O. The average Bonchev–Trinajstić information content (AvgIpc) is 2.30. The van der Waals surface area contributed by atoms with Gasteiger partial charge in [-0.05, 0) is 19.4 Å². The molecule has 0 aliphatic heterocycles. The van der Waals surface area contributed by atoms with E-state index in [1.807, 2.05) is 6.92 Å². The fourth-order valence-electron chi connectivity index (χ4n) is 1.12. The van der Waals surface area contributed by atoms with Crippen molar-refractivity contribution < 1.29 is 4.79 Å². The summed E-state index contributed by atoms with van der Waals surface area (Å²) in [7, 11) is 1.74. The van der Waals surface area contributed by atoms with Crippen molar-refractivity contribution in [3.8, 4) is 0 Å². The molecule has 1 aromatic rings. The predicted octanol–water partition coefficient (Wildman–Crippen LogP) is 0.258. The Morgan fingerprint density at radius 3 is 2.67 bits per heavy atom. The van der Waals surface area contributed by atoms with E-state index >= 15 is 0 Å². The van der Waals surface area contributed by atoms with Crippen LogP contribution in [0.15, 0.2) is 6.20 Å². The van der Waals surface area contributed by atoms with Gasteiger partial charge in [-0.1, -0.05) is 0 Å². The number of hydrogen-bond donors (Lipinski definition) is 1. The minimum absolute atomic E-state index is 0.0625. The number of rotatable bonds is 2. The highest BCUT2D eigenvalue weighted by atomic mass is 16.1. The van der Waals surface area contributed by atoms with Crippen LogP contribution in [0, 0.1) is 6.92 Å². The molecule has 0 amide bonds. The van der Waals surface area contributed by atoms with E-state index in [9.17, 15) is 4.79 Å². The number of aromatic nitrogens is 2. The van der Waals surface area contributed by atoms with Crippen molar-refractivity contribution >= 4 is 5.78 Å². The maximum absolute atomic E-state index is 11.5. The van der Waals surface area contributed by atoms with E-state index in [2.05, 4.69) is 5.10 Å². The molecule has 1 heterocycles. The Hall–Kier alpha value is -1.16. The number of hydrogen-bond acceptors (Lipinski definition) is 3. The number of carbonyl (C=O) groups is 1. The fraction of sp³-hybridized carbons (Fsp3) is 0.500. The summed E-state index contributed by atoms with van der Waals surface area (Å²) in [5, 5.41) is 3.96. The summed E-state index contributed by atoms with van der Waals surface area (Å²) < 4.78 is 1.56. The maximum Gasteiger partial charge on any atom is 0.197 e. The van der Waals surface area contributed by atoms with E-state index in [0.29, 0.717) is 5.69 Å². The van der Waals surface area contributed by atoms with E-state index in [1.165, 1.54) is 0 Å². The van der Waals surface area contributed by atoms with Crippen molar-refractivity contribution in [3.05, 3.63) is 17.5 Å². The van der Waals surface area contributed by atoms with Gasteiger partial charge in [0.05, 0.1) is 12.2 Å². The predicted molar refractivity (Wildman–Crippen MR) is 45.9 cm³/mol. The van der Waals surface area contributed by atoms with Crippen molar-refractivity contribution in [1.82, 2.24) is 9.78 Å². The SMILES string of the molecule is Cc1cnn(C)c1C(=O)C(C)N. The quantitative estimate of drug-likeness (QED) is 0.642. The van der Waals surface area contributed by atoms with Crippen LogP contribution in [-0.2, 0) is 7.05 Å². The van der Waals surface area contributed by atoms with Crippen molar-refractivity contribution in [3.63, 3.8) is 0 Å². The standard InChI is InChI=1S/C8H13N3O/c1-5-4-10-11(3)7(5)8(12)6(2)9/h4,6H,9H2,1-3H3. The van der Waals surface area contributed by atoms with E-state index < -0.39 is 6.04 Å². The second-order valence-corrected chi connectivity index (χ2v) is 2.95. The van der Waals surface area contributed by atoms with Crippen LogP contribution in [0.3, 0.4) is 0 Å². The molecular weight excluding hydrogens is 154 g/mol. The molecule has 0 bridgehead atoms. The molecule has 66 valence electrons. The zero-order chi connectivity index (χ0) is 9.30. The van der Waals surface area contributed by atoms with Gasteiger partial charge in [0.25, 0.3) is 0 Å². The molecule has 0 aliphatic carbocycles. The summed E-state index contributed by atoms with van der Waals surface area (Å²) in [5.74, 6) is -0.0625. The van der Waals surface area contributed by atoms with Crippen LogP contribution in [0.1, 0.15) is 23.0 Å². The second-order valence-electron chi connectivity index (χ2n) is 2.95. The number of Topliss-reactive ketones (excluding diaryl/α,β-unsaturated/α-hetero) is 1. The molecule has 0 radical (unpaired) electrons. The van der Waals surface area contributed by atoms with Gasteiger partial charge in [-0.3, -0.25) is 9.48 Å². The Morgan fingerprint density at radius 1 is 1.75 bits per heavy atom. The molecule has 0 aliphatic rings. The van der Waals surface area contributed by atoms with Gasteiger partial charge >= 0.3 is 0 Å². The number of nitrogens with two attached hydrogens (primary N) is 1. The molecule has 1 rings (SSSR count). The molecule has 0 saturated heterocycles. The zero-order valence-corrected chi connectivity index (χ0v) is 7.53. The first-order valence-electron chi connectivity index (χ1n) is 3.82. The van der Waals surface area contributed by atoms with Crippen LogP contribution in [-0.4, -0.2) is 21.6 Å². The van der Waals surface area contributed by atoms with Gasteiger partial charge in [-0.15, -0.1) is 0 Å². The lowest BCUT2D eigenvalue weighted by Gasteiger charge is -2.05. The molecule has 12 heavy (non-hydrogen) atoms. The largest absolute Gasteiger partial charge is 0.321 e. The van der Waals surface area contributed by atoms with Gasteiger partial charge in [0, 0.05) is 7.05 Å². The van der Waals surface area contributed by atoms with Crippen LogP contribution in [0.25, 0.3) is 0 Å². The number of ketones is 1. The summed E-state index contributed by atoms with van der Waals surface area (Å²) in [6.45, 7) is 3.53. The van der Waals surface area contributed by atoms with Crippen LogP contribution in [0.4, 0.5) is 0 Å². The average molecular weight is 167 g/mol. The lowest BCUT2D eigenvalue weighted by molar-refractivity contribution is 0.0958. The first-order valence-corrected chi connectivity index (χ1v) is 3.82. The van der Waals surface area contributed by atoms with Crippen LogP contribution in [0.5, 0.6) is 0 Å². The summed E-state index contributed by atoms with van der Waals surface area (Å²) >= 11 is 0. The Labute approximate surface area is 71.4 Å². The minimum atomic E-state index is -0.459. The van der Waals surface area contributed by atoms with Crippen LogP contribution < -0.4 is 5.73 Å². The van der Waals surface area contributed by atoms with Gasteiger partial charge in [0.2, 0.25) is 0 Å². The molecule has 4 nitrogen and oxygen atoms in total. The minimum Gasteiger partial charge on any atom is -0.321 e. The van der Waals surface area contributed by atoms with Gasteiger partial charge in [-0.25, -0.2) is 0 Å². The highest BCUT2D eigenvalue weighted by molar-refractivity contribution is 5.99. The maximum atomic E-state index is 11.5. The third kappa shape index (κ3) is 1.38. The van der Waals surface area contributed by atoms with E-state index in [1.54, 1.807) is 24.9 Å². The number of carbonyl (C=O) groups excluding carboxylic acids is 1. The Bertz CT molecular complexity index is 282. The number of nitrogens with zero attached hydrogens (tertiary/aromatic N) is 2. The third-order valence-corrected chi connectivity index (χ3v) is 1.77. The first kappa shape index (κ1) is 8.93. The summed E-state index contributed by atoms with van der Waals surface area (Å²) in [6.07, 6.45) is 1.66. The normalized spacial score (nSPS) is 13.0. The van der Waals surface area contributed by atoms with Crippen molar-refractivity contribution in [2.45, 2.75) is 19.9 Å². The lowest BCUT2D eigenvalue weighted by atomic mass is 10.1. The smallest absolute Gasteiger partial charge is 0.197 e. The highest BCUT2D eigenvalue weighted by Gasteiger charge is 2.16. The van der Waals surface area contributed by atoms with Crippen molar-refractivity contribution in [2.24, 2.45) is 12.8 Å². The Kier molecular flexibility index (Phi) is 2.28. The molecule has 1 aromatic heterocycles. The first-order chi connectivity index (χ1) is 5.54. The second kappa shape index (κ2) is 3.06. The van der Waals surface area contributed by atoms with E-state index in [0.717, 1.165) is 5.56 Å². The Morgan fingerprint density at radius 2 is 2.33 bits per heavy atom. The zero-order valence-electron chi connectivity index (χ0n) is 7.53. The molecule has 2 N–H and O–H groups in total. The summed E-state index contributed by atoms with van der Waals surface area (Å²) in [5.41, 5.74) is 6.95. The molecule has 0 aromatic carbocycles. The molecule has 0 spiro atoms. The molecule has 1 unspecified atom stereocenters. The monoisotopic (exact) mass is 167 g/mol. The summed E-state index contributed by atoms with van der Waals surface area (Å²) in [4.78, 5) is 11.5. The van der Waals surface area contributed by atoms with E-state index in [4.69, 9.17) is 5.73 Å². The van der Waals surface area contributed by atoms with Crippen LogP contribution >= 0.6 is 0 Å². The molecule has 0 saturated carbocycles. The summed E-state index contributed by atoms with van der Waals surface area (Å²) in [6, 6.07) is -0.459. The van der Waals surface area contributed by atoms with Gasteiger partial charge in [0.1, 0.15) is 5.69 Å². The van der Waals surface area contributed by atoms with Gasteiger partial charge < -0.3 is 5.73 Å². The molecule has 4 heteroatoms. The number of aryl methyl sites for hydroxylation is 2. The van der Waals surface area contributed by atoms with Gasteiger partial charge in [-0.2, -0.15) is 5.10 Å². The van der Waals surface area contributed by atoms with Gasteiger partial charge in [0.15, 0.2) is 5.78 Å². The van der Waals surface area contributed by atoms with Crippen LogP contribution in [0.2, 0.25) is 0 Å². The molecule has 1 atom stereocenters. The van der Waals surface area contributed by atoms with E-state index in [-0.39, 0.29) is 5.78 Å². The Balaban J connectivity index is 3.09. The van der Waals surface area contributed by atoms with Crippen molar-refractivity contribution in [2.75, 3.05) is 0 Å². The lowest BCUT2D eigenvalue weighted by Crippen LogP contribution is -2.29.